The van der Waals surface area contributed by atoms with Crippen molar-refractivity contribution in [3.63, 3.8) is 0 Å². The Balaban J connectivity index is 2.05. The number of amides is 1. The van der Waals surface area contributed by atoms with Crippen LogP contribution in [-0.2, 0) is 6.54 Å². The molecule has 2 aromatic rings. The molecule has 0 aliphatic carbocycles. The van der Waals surface area contributed by atoms with Crippen LogP contribution in [0.25, 0.3) is 0 Å². The van der Waals surface area contributed by atoms with Crippen molar-refractivity contribution in [2.75, 3.05) is 0 Å². The largest absolute Gasteiger partial charge is 0.348 e. The lowest BCUT2D eigenvalue weighted by Crippen LogP contribution is -2.22. The van der Waals surface area contributed by atoms with E-state index in [0.717, 1.165) is 10.0 Å². The van der Waals surface area contributed by atoms with Gasteiger partial charge in [-0.1, -0.05) is 41.4 Å². The average Bonchev–Trinajstić information content (AvgIpc) is 2.40. The number of hydrogen-bond donors (Lipinski definition) is 1. The summed E-state index contributed by atoms with van der Waals surface area (Å²) < 4.78 is 0.761. The van der Waals surface area contributed by atoms with Crippen LogP contribution in [0.5, 0.6) is 0 Å². The molecule has 98 valence electrons. The number of nitrogens with one attached hydrogen (secondary N) is 1. The van der Waals surface area contributed by atoms with Crippen molar-refractivity contribution in [1.29, 1.82) is 0 Å². The van der Waals surface area contributed by atoms with Gasteiger partial charge in [-0.25, -0.2) is 0 Å². The van der Waals surface area contributed by atoms with Crippen molar-refractivity contribution in [1.82, 2.24) is 5.32 Å². The van der Waals surface area contributed by atoms with Crippen LogP contribution >= 0.6 is 39.1 Å². The second kappa shape index (κ2) is 6.42. The maximum Gasteiger partial charge on any atom is 0.251 e. The second-order valence-corrected chi connectivity index (χ2v) is 5.57. The highest BCUT2D eigenvalue weighted by Gasteiger charge is 2.08. The van der Waals surface area contributed by atoms with Crippen LogP contribution in [0.4, 0.5) is 0 Å². The van der Waals surface area contributed by atoms with Crippen LogP contribution < -0.4 is 5.32 Å². The summed E-state index contributed by atoms with van der Waals surface area (Å²) >= 11 is 15.3. The summed E-state index contributed by atoms with van der Waals surface area (Å²) in [6.07, 6.45) is 0. The number of benzene rings is 2. The van der Waals surface area contributed by atoms with Gasteiger partial charge in [0.2, 0.25) is 0 Å². The summed E-state index contributed by atoms with van der Waals surface area (Å²) in [4.78, 5) is 12.0. The average molecular weight is 359 g/mol. The molecule has 19 heavy (non-hydrogen) atoms. The summed E-state index contributed by atoms with van der Waals surface area (Å²) in [7, 11) is 0. The van der Waals surface area contributed by atoms with Gasteiger partial charge in [0.15, 0.2) is 0 Å². The summed E-state index contributed by atoms with van der Waals surface area (Å²) in [6, 6.07) is 12.5. The third-order valence-electron chi connectivity index (χ3n) is 2.58. The van der Waals surface area contributed by atoms with Gasteiger partial charge >= 0.3 is 0 Å². The zero-order valence-electron chi connectivity index (χ0n) is 9.79. The summed E-state index contributed by atoms with van der Waals surface area (Å²) in [5.41, 5.74) is 1.39. The van der Waals surface area contributed by atoms with E-state index >= 15 is 0 Å². The molecule has 2 rings (SSSR count). The van der Waals surface area contributed by atoms with E-state index in [1.165, 1.54) is 0 Å². The predicted molar refractivity (Wildman–Crippen MR) is 81.8 cm³/mol. The van der Waals surface area contributed by atoms with E-state index in [9.17, 15) is 4.79 Å². The maximum absolute atomic E-state index is 12.0. The zero-order valence-corrected chi connectivity index (χ0v) is 12.9. The second-order valence-electron chi connectivity index (χ2n) is 3.90. The van der Waals surface area contributed by atoms with E-state index in [-0.39, 0.29) is 5.91 Å². The Hall–Kier alpha value is -1.03. The van der Waals surface area contributed by atoms with Gasteiger partial charge in [0.1, 0.15) is 0 Å². The zero-order chi connectivity index (χ0) is 13.8. The first-order valence-corrected chi connectivity index (χ1v) is 7.09. The molecule has 0 aliphatic rings. The van der Waals surface area contributed by atoms with Crippen LogP contribution in [0.3, 0.4) is 0 Å². The minimum absolute atomic E-state index is 0.186. The molecular weight excluding hydrogens is 349 g/mol. The first-order chi connectivity index (χ1) is 9.08. The highest BCUT2D eigenvalue weighted by Crippen LogP contribution is 2.23. The van der Waals surface area contributed by atoms with E-state index in [1.807, 2.05) is 18.2 Å². The van der Waals surface area contributed by atoms with E-state index in [0.29, 0.717) is 22.2 Å². The number of rotatable bonds is 3. The highest BCUT2D eigenvalue weighted by molar-refractivity contribution is 9.10. The lowest BCUT2D eigenvalue weighted by atomic mass is 10.2. The quantitative estimate of drug-likeness (QED) is 0.847. The molecule has 0 saturated heterocycles. The molecule has 0 spiro atoms. The third kappa shape index (κ3) is 3.72. The van der Waals surface area contributed by atoms with Gasteiger partial charge in [0.05, 0.1) is 5.02 Å². The van der Waals surface area contributed by atoms with Crippen molar-refractivity contribution < 1.29 is 4.79 Å². The van der Waals surface area contributed by atoms with Gasteiger partial charge in [-0.15, -0.1) is 0 Å². The Bertz CT molecular complexity index is 616. The fourth-order valence-corrected chi connectivity index (χ4v) is 2.19. The van der Waals surface area contributed by atoms with Crippen LogP contribution in [0, 0.1) is 0 Å². The van der Waals surface area contributed by atoms with E-state index in [1.54, 1.807) is 24.3 Å². The Morgan fingerprint density at radius 2 is 1.84 bits per heavy atom. The highest BCUT2D eigenvalue weighted by atomic mass is 79.9. The lowest BCUT2D eigenvalue weighted by molar-refractivity contribution is 0.0951. The molecule has 0 fully saturated rings. The topological polar surface area (TPSA) is 29.1 Å². The number of halogens is 3. The maximum atomic E-state index is 12.0. The SMILES string of the molecule is O=C(NCc1ccccc1Cl)c1ccc(Br)c(Cl)c1. The summed E-state index contributed by atoms with van der Waals surface area (Å²) in [5, 5.41) is 3.95. The molecule has 2 aromatic carbocycles. The molecule has 0 radical (unpaired) electrons. The molecule has 5 heteroatoms. The van der Waals surface area contributed by atoms with Crippen molar-refractivity contribution >= 4 is 45.0 Å². The molecule has 0 aliphatic heterocycles. The fourth-order valence-electron chi connectivity index (χ4n) is 1.56. The third-order valence-corrected chi connectivity index (χ3v) is 4.18. The number of hydrogen-bond acceptors (Lipinski definition) is 1. The molecular formula is C14H10BrCl2NO. The number of carbonyl (C=O) groups excluding carboxylic acids is 1. The first kappa shape index (κ1) is 14.4. The predicted octanol–water partition coefficient (Wildman–Crippen LogP) is 4.69. The molecule has 0 aromatic heterocycles. The van der Waals surface area contributed by atoms with Crippen LogP contribution in [-0.4, -0.2) is 5.91 Å². The molecule has 0 bridgehead atoms. The van der Waals surface area contributed by atoms with E-state index < -0.39 is 0 Å². The first-order valence-electron chi connectivity index (χ1n) is 5.54. The van der Waals surface area contributed by atoms with Crippen LogP contribution in [0.2, 0.25) is 10.0 Å². The van der Waals surface area contributed by atoms with Crippen molar-refractivity contribution in [2.45, 2.75) is 6.54 Å². The van der Waals surface area contributed by atoms with Crippen LogP contribution in [0.15, 0.2) is 46.9 Å². The van der Waals surface area contributed by atoms with Crippen molar-refractivity contribution in [3.05, 3.63) is 68.1 Å². The summed E-state index contributed by atoms with van der Waals surface area (Å²) in [5.74, 6) is -0.186. The van der Waals surface area contributed by atoms with Gasteiger partial charge in [-0.3, -0.25) is 4.79 Å². The van der Waals surface area contributed by atoms with Gasteiger partial charge in [0.25, 0.3) is 5.91 Å². The molecule has 1 amide bonds. The Labute approximate surface area is 129 Å². The fraction of sp³-hybridized carbons (Fsp3) is 0.0714. The van der Waals surface area contributed by atoms with Crippen molar-refractivity contribution in [2.24, 2.45) is 0 Å². The molecule has 0 unspecified atom stereocenters. The van der Waals surface area contributed by atoms with Gasteiger partial charge < -0.3 is 5.32 Å². The smallest absolute Gasteiger partial charge is 0.251 e. The molecule has 0 atom stereocenters. The van der Waals surface area contributed by atoms with Gasteiger partial charge in [0, 0.05) is 21.6 Å². The Morgan fingerprint density at radius 1 is 1.11 bits per heavy atom. The Morgan fingerprint density at radius 3 is 2.53 bits per heavy atom. The minimum atomic E-state index is -0.186. The molecule has 0 saturated carbocycles. The molecule has 0 heterocycles. The van der Waals surface area contributed by atoms with E-state index in [2.05, 4.69) is 21.2 Å². The van der Waals surface area contributed by atoms with Crippen molar-refractivity contribution in [3.8, 4) is 0 Å². The van der Waals surface area contributed by atoms with Gasteiger partial charge in [-0.2, -0.15) is 0 Å². The van der Waals surface area contributed by atoms with Crippen LogP contribution in [0.1, 0.15) is 15.9 Å². The molecule has 1 N–H and O–H groups in total. The minimum Gasteiger partial charge on any atom is -0.348 e. The Kier molecular flexibility index (Phi) is 4.86. The standard InChI is InChI=1S/C14H10BrCl2NO/c15-11-6-5-9(7-13(11)17)14(19)18-8-10-3-1-2-4-12(10)16/h1-7H,8H2,(H,18,19). The lowest BCUT2D eigenvalue weighted by Gasteiger charge is -2.07. The van der Waals surface area contributed by atoms with E-state index in [4.69, 9.17) is 23.2 Å². The monoisotopic (exact) mass is 357 g/mol. The summed E-state index contributed by atoms with van der Waals surface area (Å²) in [6.45, 7) is 0.381. The molecule has 2 nitrogen and oxygen atoms in total. The van der Waals surface area contributed by atoms with Gasteiger partial charge in [-0.05, 0) is 45.8 Å². The normalized spacial score (nSPS) is 10.3. The number of carbonyl (C=O) groups is 1.